The number of piperazine rings is 1. The molecule has 15 heteroatoms. The van der Waals surface area contributed by atoms with E-state index in [9.17, 15) is 29.2 Å². The minimum Gasteiger partial charge on any atom is -0.490 e. The van der Waals surface area contributed by atoms with E-state index in [1.807, 2.05) is 24.3 Å². The summed E-state index contributed by atoms with van der Waals surface area (Å²) in [6.07, 6.45) is 6.66. The van der Waals surface area contributed by atoms with E-state index in [4.69, 9.17) is 4.74 Å². The Bertz CT molecular complexity index is 2490. The largest absolute Gasteiger partial charge is 0.490 e. The lowest BCUT2D eigenvalue weighted by molar-refractivity contribution is -0.136. The molecule has 62 heavy (non-hydrogen) atoms. The number of hydrogen-bond donors (Lipinski definition) is 2. The molecule has 0 bridgehead atoms. The van der Waals surface area contributed by atoms with Crippen LogP contribution in [0.3, 0.4) is 0 Å². The minimum absolute atomic E-state index is 0.0248. The molecule has 2 atom stereocenters. The average Bonchev–Trinajstić information content (AvgIpc) is 3.53. The topological polar surface area (TPSA) is 168 Å². The number of benzene rings is 3. The number of halogens is 1. The van der Waals surface area contributed by atoms with Gasteiger partial charge in [-0.15, -0.1) is 0 Å². The number of fused-ring (bicyclic) bond motifs is 2. The maximum atomic E-state index is 15.6. The van der Waals surface area contributed by atoms with Crippen molar-refractivity contribution < 1.29 is 33.1 Å². The summed E-state index contributed by atoms with van der Waals surface area (Å²) in [5.74, 6) is -1.58. The fourth-order valence-corrected chi connectivity index (χ4v) is 9.86. The third-order valence-corrected chi connectivity index (χ3v) is 13.4. The van der Waals surface area contributed by atoms with Crippen molar-refractivity contribution in [2.24, 2.45) is 5.92 Å². The molecule has 0 spiro atoms. The van der Waals surface area contributed by atoms with Crippen LogP contribution in [0.5, 0.6) is 5.75 Å². The SMILES string of the molecule is C[C@@H]1CN(c2ccc3c(c2)C(=O)N([C@@H]2CCC(=O)NC2=O)C3=O)CCN1CC1CCN(c2ccc(C(=O)NC3CCC(Oc4ccc(C#N)c5ncccc45)CC3)cc2F)CC1. The molecule has 1 aromatic heterocycles. The molecule has 3 saturated heterocycles. The molecule has 1 aliphatic carbocycles. The molecule has 3 aromatic carbocycles. The van der Waals surface area contributed by atoms with Crippen molar-refractivity contribution in [3.63, 3.8) is 0 Å². The number of nitriles is 1. The molecule has 14 nitrogen and oxygen atoms in total. The van der Waals surface area contributed by atoms with Gasteiger partial charge in [0.15, 0.2) is 0 Å². The first-order chi connectivity index (χ1) is 30.0. The van der Waals surface area contributed by atoms with Gasteiger partial charge in [0.1, 0.15) is 23.7 Å². The monoisotopic (exact) mass is 840 g/mol. The molecule has 4 aliphatic heterocycles. The number of carbonyl (C=O) groups is 5. The van der Waals surface area contributed by atoms with Crippen molar-refractivity contribution in [3.8, 4) is 11.8 Å². The van der Waals surface area contributed by atoms with E-state index in [0.29, 0.717) is 34.0 Å². The molecule has 1 saturated carbocycles. The van der Waals surface area contributed by atoms with Gasteiger partial charge >= 0.3 is 0 Å². The van der Waals surface area contributed by atoms with Crippen LogP contribution in [0, 0.1) is 23.1 Å². The summed E-state index contributed by atoms with van der Waals surface area (Å²) in [4.78, 5) is 76.1. The van der Waals surface area contributed by atoms with Gasteiger partial charge < -0.3 is 19.9 Å². The summed E-state index contributed by atoms with van der Waals surface area (Å²) in [6.45, 7) is 6.89. The van der Waals surface area contributed by atoms with E-state index in [-0.39, 0.29) is 48.1 Å². The smallest absolute Gasteiger partial charge is 0.262 e. The van der Waals surface area contributed by atoms with Crippen molar-refractivity contribution in [1.82, 2.24) is 25.4 Å². The Morgan fingerprint density at radius 1 is 0.903 bits per heavy atom. The van der Waals surface area contributed by atoms with Gasteiger partial charge in [0.25, 0.3) is 17.7 Å². The summed E-state index contributed by atoms with van der Waals surface area (Å²) in [6, 6.07) is 18.7. The van der Waals surface area contributed by atoms with Gasteiger partial charge in [-0.3, -0.25) is 44.1 Å². The normalized spacial score (nSPS) is 23.6. The quantitative estimate of drug-likeness (QED) is 0.213. The number of imide groups is 2. The second-order valence-electron chi connectivity index (χ2n) is 17.3. The van der Waals surface area contributed by atoms with Crippen molar-refractivity contribution in [2.75, 3.05) is 49.1 Å². The Labute approximate surface area is 359 Å². The van der Waals surface area contributed by atoms with Crippen LogP contribution >= 0.6 is 0 Å². The minimum atomic E-state index is -0.995. The average molecular weight is 841 g/mol. The third kappa shape index (κ3) is 8.07. The standard InChI is InChI=1S/C47H49FN8O6/c1-28-26-55(33-8-11-35-37(24-33)47(61)56(46(35)60)40-13-15-42(57)52-45(40)59)22-21-54(28)27-29-16-19-53(20-17-29)39-12-4-30(23-38(39)48)44(58)51-32-6-9-34(10-7-32)62-41-14-5-31(25-49)43-36(41)3-2-18-50-43/h2-5,8,11-12,14,18,23-24,28-29,32,34,40H,6-7,9-10,13,15-17,19-22,26-27H2,1H3,(H,51,58)(H,52,57,59)/t28-,32?,34?,40-/m1/s1. The van der Waals surface area contributed by atoms with Crippen molar-refractivity contribution in [1.29, 1.82) is 5.26 Å². The summed E-state index contributed by atoms with van der Waals surface area (Å²) in [7, 11) is 0. The fraction of sp³-hybridized carbons (Fsp3) is 0.426. The molecule has 0 radical (unpaired) electrons. The number of carbonyl (C=O) groups excluding carboxylic acids is 5. The zero-order chi connectivity index (χ0) is 43.1. The first-order valence-electron chi connectivity index (χ1n) is 21.7. The van der Waals surface area contributed by atoms with E-state index < -0.39 is 35.5 Å². The van der Waals surface area contributed by atoms with Gasteiger partial charge in [0.2, 0.25) is 11.8 Å². The van der Waals surface area contributed by atoms with Crippen molar-refractivity contribution in [3.05, 3.63) is 94.9 Å². The van der Waals surface area contributed by atoms with E-state index in [0.717, 1.165) is 93.8 Å². The van der Waals surface area contributed by atoms with Crippen LogP contribution in [-0.4, -0.2) is 108 Å². The molecule has 320 valence electrons. The second-order valence-corrected chi connectivity index (χ2v) is 17.3. The predicted octanol–water partition coefficient (Wildman–Crippen LogP) is 5.19. The number of rotatable bonds is 9. The third-order valence-electron chi connectivity index (χ3n) is 13.4. The second kappa shape index (κ2) is 17.2. The maximum absolute atomic E-state index is 15.6. The number of anilines is 2. The number of pyridine rings is 1. The summed E-state index contributed by atoms with van der Waals surface area (Å²) in [5.41, 5.74) is 3.34. The number of piperidine rings is 2. The Hall–Kier alpha value is -6.40. The van der Waals surface area contributed by atoms with Crippen LogP contribution in [-0.2, 0) is 9.59 Å². The van der Waals surface area contributed by atoms with E-state index in [2.05, 4.69) is 43.3 Å². The Morgan fingerprint density at radius 2 is 1.69 bits per heavy atom. The highest BCUT2D eigenvalue weighted by molar-refractivity contribution is 6.23. The lowest BCUT2D eigenvalue weighted by Crippen LogP contribution is -2.54. The zero-order valence-electron chi connectivity index (χ0n) is 34.6. The van der Waals surface area contributed by atoms with Crippen molar-refractivity contribution >= 4 is 51.8 Å². The van der Waals surface area contributed by atoms with E-state index in [1.165, 1.54) is 6.07 Å². The first kappa shape index (κ1) is 41.0. The Balaban J connectivity index is 0.726. The van der Waals surface area contributed by atoms with E-state index >= 15 is 4.39 Å². The van der Waals surface area contributed by atoms with Crippen LogP contribution < -0.4 is 25.2 Å². The molecule has 9 rings (SSSR count). The predicted molar refractivity (Wildman–Crippen MR) is 228 cm³/mol. The number of nitrogens with one attached hydrogen (secondary N) is 2. The Morgan fingerprint density at radius 3 is 2.44 bits per heavy atom. The van der Waals surface area contributed by atoms with Crippen LogP contribution in [0.4, 0.5) is 15.8 Å². The molecule has 4 aromatic rings. The van der Waals surface area contributed by atoms with Gasteiger partial charge in [-0.25, -0.2) is 4.39 Å². The molecule has 4 fully saturated rings. The Kier molecular flexibility index (Phi) is 11.3. The van der Waals surface area contributed by atoms with Crippen LogP contribution in [0.25, 0.3) is 10.9 Å². The maximum Gasteiger partial charge on any atom is 0.262 e. The highest BCUT2D eigenvalue weighted by atomic mass is 19.1. The number of nitrogens with zero attached hydrogens (tertiary/aromatic N) is 6. The summed E-state index contributed by atoms with van der Waals surface area (Å²) >= 11 is 0. The fourth-order valence-electron chi connectivity index (χ4n) is 9.86. The van der Waals surface area contributed by atoms with Crippen LogP contribution in [0.15, 0.2) is 66.9 Å². The highest BCUT2D eigenvalue weighted by Crippen LogP contribution is 2.34. The van der Waals surface area contributed by atoms with Gasteiger partial charge in [-0.1, -0.05) is 0 Å². The van der Waals surface area contributed by atoms with Crippen LogP contribution in [0.1, 0.15) is 94.9 Å². The molecule has 2 N–H and O–H groups in total. The van der Waals surface area contributed by atoms with Gasteiger partial charge in [-0.2, -0.15) is 5.26 Å². The number of hydrogen-bond acceptors (Lipinski definition) is 11. The van der Waals surface area contributed by atoms with Gasteiger partial charge in [-0.05, 0) is 118 Å². The van der Waals surface area contributed by atoms with Gasteiger partial charge in [0, 0.05) is 80.6 Å². The van der Waals surface area contributed by atoms with Crippen LogP contribution in [0.2, 0.25) is 0 Å². The molecule has 5 heterocycles. The highest BCUT2D eigenvalue weighted by Gasteiger charge is 2.45. The first-order valence-corrected chi connectivity index (χ1v) is 21.7. The number of aromatic nitrogens is 1. The number of amides is 5. The molecule has 5 aliphatic rings. The molecular weight excluding hydrogens is 792 g/mol. The molecular formula is C47H49FN8O6. The van der Waals surface area contributed by atoms with E-state index in [1.54, 1.807) is 36.5 Å². The lowest BCUT2D eigenvalue weighted by atomic mass is 9.92. The molecule has 0 unspecified atom stereocenters. The number of ether oxygens (including phenoxy) is 1. The van der Waals surface area contributed by atoms with Gasteiger partial charge in [0.05, 0.1) is 34.0 Å². The lowest BCUT2D eigenvalue weighted by Gasteiger charge is -2.43. The summed E-state index contributed by atoms with van der Waals surface area (Å²) < 4.78 is 21.9. The van der Waals surface area contributed by atoms with Crippen molar-refractivity contribution in [2.45, 2.75) is 82.5 Å². The molecule has 5 amide bonds. The summed E-state index contributed by atoms with van der Waals surface area (Å²) in [5, 5.41) is 15.6. The zero-order valence-corrected chi connectivity index (χ0v) is 34.6.